The maximum atomic E-state index is 12.6. The molecule has 0 heterocycles. The highest BCUT2D eigenvalue weighted by molar-refractivity contribution is 7.92. The monoisotopic (exact) mass is 416 g/mol. The summed E-state index contributed by atoms with van der Waals surface area (Å²) in [6.07, 6.45) is 4.45. The first kappa shape index (κ1) is 21.2. The predicted octanol–water partition coefficient (Wildman–Crippen LogP) is 4.19. The Labute approximate surface area is 172 Å². The van der Waals surface area contributed by atoms with Crippen LogP contribution in [0.2, 0.25) is 0 Å². The van der Waals surface area contributed by atoms with Gasteiger partial charge in [-0.25, -0.2) is 8.42 Å². The van der Waals surface area contributed by atoms with Crippen molar-refractivity contribution < 1.29 is 17.9 Å². The Morgan fingerprint density at radius 3 is 2.31 bits per heavy atom. The summed E-state index contributed by atoms with van der Waals surface area (Å²) in [5, 5.41) is 3.08. The Morgan fingerprint density at radius 1 is 1.03 bits per heavy atom. The lowest BCUT2D eigenvalue weighted by Gasteiger charge is -2.29. The zero-order chi connectivity index (χ0) is 20.9. The molecule has 0 unspecified atom stereocenters. The smallest absolute Gasteiger partial charge is 0.261 e. The highest BCUT2D eigenvalue weighted by atomic mass is 32.2. The fourth-order valence-electron chi connectivity index (χ4n) is 3.57. The molecule has 1 amide bonds. The summed E-state index contributed by atoms with van der Waals surface area (Å²) in [6.45, 7) is 4.59. The van der Waals surface area contributed by atoms with Gasteiger partial charge in [-0.3, -0.25) is 9.52 Å². The van der Waals surface area contributed by atoms with Crippen molar-refractivity contribution in [3.8, 4) is 5.75 Å². The average Bonchev–Trinajstić information content (AvgIpc) is 2.71. The maximum Gasteiger partial charge on any atom is 0.261 e. The van der Waals surface area contributed by atoms with E-state index in [0.29, 0.717) is 29.5 Å². The van der Waals surface area contributed by atoms with Crippen molar-refractivity contribution in [1.29, 1.82) is 0 Å². The molecule has 1 aliphatic carbocycles. The largest absolute Gasteiger partial charge is 0.494 e. The number of ether oxygens (including phenoxy) is 1. The minimum atomic E-state index is -3.74. The quantitative estimate of drug-likeness (QED) is 0.709. The molecule has 0 aromatic heterocycles. The molecule has 0 aliphatic heterocycles. The van der Waals surface area contributed by atoms with E-state index in [9.17, 15) is 13.2 Å². The minimum absolute atomic E-state index is 0.106. The number of carbonyl (C=O) groups is 1. The van der Waals surface area contributed by atoms with E-state index in [1.54, 1.807) is 36.4 Å². The molecule has 0 spiro atoms. The second-order valence-corrected chi connectivity index (χ2v) is 9.11. The second-order valence-electron chi connectivity index (χ2n) is 7.43. The molecule has 2 atom stereocenters. The van der Waals surface area contributed by atoms with Crippen LogP contribution in [-0.4, -0.2) is 27.0 Å². The normalized spacial score (nSPS) is 19.4. The molecule has 0 saturated heterocycles. The number of carbonyl (C=O) groups excluding carboxylic acids is 1. The third kappa shape index (κ3) is 5.50. The predicted molar refractivity (Wildman–Crippen MR) is 114 cm³/mol. The van der Waals surface area contributed by atoms with E-state index >= 15 is 0 Å². The summed E-state index contributed by atoms with van der Waals surface area (Å²) in [6, 6.07) is 12.9. The second kappa shape index (κ2) is 9.31. The average molecular weight is 417 g/mol. The van der Waals surface area contributed by atoms with E-state index in [2.05, 4.69) is 17.0 Å². The third-order valence-electron chi connectivity index (χ3n) is 5.27. The van der Waals surface area contributed by atoms with Crippen molar-refractivity contribution in [2.75, 3.05) is 11.3 Å². The first-order valence-electron chi connectivity index (χ1n) is 10.1. The molecule has 3 rings (SSSR count). The Balaban J connectivity index is 1.65. The first-order valence-corrected chi connectivity index (χ1v) is 11.5. The van der Waals surface area contributed by atoms with Crippen molar-refractivity contribution in [2.24, 2.45) is 5.92 Å². The van der Waals surface area contributed by atoms with Crippen LogP contribution in [0.25, 0.3) is 0 Å². The number of hydrogen-bond acceptors (Lipinski definition) is 4. The van der Waals surface area contributed by atoms with E-state index in [1.165, 1.54) is 18.6 Å². The number of nitrogens with one attached hydrogen (secondary N) is 2. The molecule has 1 aliphatic rings. The molecule has 6 nitrogen and oxygen atoms in total. The molecule has 0 bridgehead atoms. The van der Waals surface area contributed by atoms with E-state index < -0.39 is 10.0 Å². The summed E-state index contributed by atoms with van der Waals surface area (Å²) in [7, 11) is -3.74. The molecular weight excluding hydrogens is 388 g/mol. The number of hydrogen-bond donors (Lipinski definition) is 2. The van der Waals surface area contributed by atoms with Gasteiger partial charge in [0.2, 0.25) is 0 Å². The molecule has 7 heteroatoms. The van der Waals surface area contributed by atoms with Crippen LogP contribution in [0.15, 0.2) is 53.4 Å². The fourth-order valence-corrected chi connectivity index (χ4v) is 4.63. The van der Waals surface area contributed by atoms with Gasteiger partial charge in [0.05, 0.1) is 11.5 Å². The van der Waals surface area contributed by atoms with Crippen LogP contribution in [0.5, 0.6) is 5.75 Å². The number of anilines is 1. The van der Waals surface area contributed by atoms with Crippen molar-refractivity contribution in [3.63, 3.8) is 0 Å². The summed E-state index contributed by atoms with van der Waals surface area (Å²) in [4.78, 5) is 12.6. The molecular formula is C22H28N2O4S. The SMILES string of the molecule is CCOc1ccc(NS(=O)(=O)c2ccc(C(=O)N[C@@H]3CCCC[C@@H]3C)cc2)cc1. The van der Waals surface area contributed by atoms with Crippen molar-refractivity contribution in [3.05, 3.63) is 54.1 Å². The molecule has 1 saturated carbocycles. The number of sulfonamides is 1. The van der Waals surface area contributed by atoms with Crippen molar-refractivity contribution in [2.45, 2.75) is 50.5 Å². The fraction of sp³-hybridized carbons (Fsp3) is 0.409. The third-order valence-corrected chi connectivity index (χ3v) is 6.67. The van der Waals surface area contributed by atoms with Crippen LogP contribution in [0.1, 0.15) is 49.9 Å². The zero-order valence-corrected chi connectivity index (χ0v) is 17.7. The summed E-state index contributed by atoms with van der Waals surface area (Å²) in [5.41, 5.74) is 0.907. The number of benzene rings is 2. The van der Waals surface area contributed by atoms with Crippen LogP contribution in [0.3, 0.4) is 0 Å². The van der Waals surface area contributed by atoms with Crippen LogP contribution in [-0.2, 0) is 10.0 Å². The van der Waals surface area contributed by atoms with Gasteiger partial charge in [0.1, 0.15) is 5.75 Å². The summed E-state index contributed by atoms with van der Waals surface area (Å²) >= 11 is 0. The van der Waals surface area contributed by atoms with Gasteiger partial charge >= 0.3 is 0 Å². The van der Waals surface area contributed by atoms with Crippen molar-refractivity contribution >= 4 is 21.6 Å². The Morgan fingerprint density at radius 2 is 1.69 bits per heavy atom. The van der Waals surface area contributed by atoms with E-state index in [-0.39, 0.29) is 16.8 Å². The lowest BCUT2D eigenvalue weighted by Crippen LogP contribution is -2.41. The number of rotatable bonds is 7. The molecule has 156 valence electrons. The minimum Gasteiger partial charge on any atom is -0.494 e. The van der Waals surface area contributed by atoms with Crippen LogP contribution >= 0.6 is 0 Å². The van der Waals surface area contributed by atoms with E-state index in [0.717, 1.165) is 19.3 Å². The molecule has 29 heavy (non-hydrogen) atoms. The molecule has 1 fully saturated rings. The van der Waals surface area contributed by atoms with Gasteiger partial charge in [-0.05, 0) is 74.2 Å². The van der Waals surface area contributed by atoms with Gasteiger partial charge in [-0.15, -0.1) is 0 Å². The highest BCUT2D eigenvalue weighted by Crippen LogP contribution is 2.24. The topological polar surface area (TPSA) is 84.5 Å². The molecule has 2 aromatic carbocycles. The van der Waals surface area contributed by atoms with E-state index in [4.69, 9.17) is 4.74 Å². The number of amides is 1. The Kier molecular flexibility index (Phi) is 6.79. The molecule has 0 radical (unpaired) electrons. The van der Waals surface area contributed by atoms with Gasteiger partial charge in [0.25, 0.3) is 15.9 Å². The standard InChI is InChI=1S/C22H28N2O4S/c1-3-28-19-12-10-18(11-13-19)24-29(26,27)20-14-8-17(9-15-20)22(25)23-21-7-5-4-6-16(21)2/h8-16,21,24H,3-7H2,1-2H3,(H,23,25)/t16-,21+/m0/s1. The van der Waals surface area contributed by atoms with Gasteiger partial charge in [0.15, 0.2) is 0 Å². The first-order chi connectivity index (χ1) is 13.9. The van der Waals surface area contributed by atoms with Gasteiger partial charge in [-0.1, -0.05) is 19.8 Å². The van der Waals surface area contributed by atoms with Crippen LogP contribution < -0.4 is 14.8 Å². The Bertz CT molecular complexity index is 924. The lowest BCUT2D eigenvalue weighted by molar-refractivity contribution is 0.0910. The van der Waals surface area contributed by atoms with Gasteiger partial charge in [0, 0.05) is 17.3 Å². The van der Waals surface area contributed by atoms with Gasteiger partial charge < -0.3 is 10.1 Å². The summed E-state index contributed by atoms with van der Waals surface area (Å²) in [5.74, 6) is 0.982. The highest BCUT2D eigenvalue weighted by Gasteiger charge is 2.23. The maximum absolute atomic E-state index is 12.6. The van der Waals surface area contributed by atoms with Crippen LogP contribution in [0, 0.1) is 5.92 Å². The zero-order valence-electron chi connectivity index (χ0n) is 16.9. The lowest BCUT2D eigenvalue weighted by atomic mass is 9.86. The van der Waals surface area contributed by atoms with E-state index in [1.807, 2.05) is 6.92 Å². The summed E-state index contributed by atoms with van der Waals surface area (Å²) < 4.78 is 33.1. The Hall–Kier alpha value is -2.54. The van der Waals surface area contributed by atoms with Crippen LogP contribution in [0.4, 0.5) is 5.69 Å². The van der Waals surface area contributed by atoms with Gasteiger partial charge in [-0.2, -0.15) is 0 Å². The van der Waals surface area contributed by atoms with Crippen molar-refractivity contribution in [1.82, 2.24) is 5.32 Å². The molecule has 2 N–H and O–H groups in total. The molecule has 2 aromatic rings.